The summed E-state index contributed by atoms with van der Waals surface area (Å²) < 4.78 is 48.5. The van der Waals surface area contributed by atoms with Crippen LogP contribution in [0.5, 0.6) is 0 Å². The summed E-state index contributed by atoms with van der Waals surface area (Å²) in [5.41, 5.74) is -4.75. The summed E-state index contributed by atoms with van der Waals surface area (Å²) in [5.74, 6) is 0. The van der Waals surface area contributed by atoms with E-state index in [1.807, 2.05) is 0 Å². The third-order valence-corrected chi connectivity index (χ3v) is 5.41. The highest BCUT2D eigenvalue weighted by molar-refractivity contribution is 6.30. The van der Waals surface area contributed by atoms with Gasteiger partial charge in [0.1, 0.15) is 24.0 Å². The van der Waals surface area contributed by atoms with E-state index in [1.165, 1.54) is 12.3 Å². The summed E-state index contributed by atoms with van der Waals surface area (Å²) in [6, 6.07) is 5.55. The maximum atomic E-state index is 14.0. The van der Waals surface area contributed by atoms with Gasteiger partial charge in [0.2, 0.25) is 5.60 Å². The molecule has 2 aromatic heterocycles. The second-order valence-corrected chi connectivity index (χ2v) is 7.33. The van der Waals surface area contributed by atoms with Crippen molar-refractivity contribution in [1.82, 2.24) is 14.5 Å². The van der Waals surface area contributed by atoms with Crippen LogP contribution in [0.25, 0.3) is 11.0 Å². The molecule has 1 aliphatic heterocycles. The fraction of sp³-hybridized carbons (Fsp3) is 0.333. The molecule has 4 N–H and O–H groups in total. The number of aromatic nitrogens is 3. The Morgan fingerprint density at radius 2 is 1.80 bits per heavy atom. The molecule has 0 bridgehead atoms. The normalized spacial score (nSPS) is 26.8. The highest BCUT2D eigenvalue weighted by atomic mass is 35.5. The van der Waals surface area contributed by atoms with Gasteiger partial charge in [-0.3, -0.25) is 4.79 Å². The van der Waals surface area contributed by atoms with Gasteiger partial charge in [-0.2, -0.15) is 13.2 Å². The van der Waals surface area contributed by atoms with E-state index in [4.69, 9.17) is 16.3 Å². The van der Waals surface area contributed by atoms with Crippen molar-refractivity contribution in [3.05, 3.63) is 63.8 Å². The van der Waals surface area contributed by atoms with Gasteiger partial charge in [-0.25, -0.2) is 4.98 Å². The number of alkyl halides is 3. The number of nitrogens with zero attached hydrogens (tertiary/aromatic N) is 2. The van der Waals surface area contributed by atoms with Gasteiger partial charge in [-0.1, -0.05) is 23.7 Å². The minimum absolute atomic E-state index is 0.0256. The molecule has 0 amide bonds. The maximum absolute atomic E-state index is 14.0. The Hall–Kier alpha value is -2.44. The first-order chi connectivity index (χ1) is 14.1. The number of halogens is 4. The van der Waals surface area contributed by atoms with Gasteiger partial charge in [0, 0.05) is 11.2 Å². The monoisotopic (exact) mass is 445 g/mol. The predicted octanol–water partition coefficient (Wildman–Crippen LogP) is 1.45. The minimum Gasteiger partial charge on any atom is -0.387 e. The number of aliphatic hydroxyl groups excluding tert-OH is 2. The summed E-state index contributed by atoms with van der Waals surface area (Å²) in [6.07, 6.45) is -10.7. The Kier molecular flexibility index (Phi) is 4.90. The lowest BCUT2D eigenvalue weighted by molar-refractivity contribution is -0.310. The van der Waals surface area contributed by atoms with E-state index < -0.39 is 47.4 Å². The molecule has 1 saturated heterocycles. The van der Waals surface area contributed by atoms with Crippen molar-refractivity contribution in [2.45, 2.75) is 36.3 Å². The van der Waals surface area contributed by atoms with Crippen LogP contribution < -0.4 is 5.56 Å². The molecule has 8 nitrogen and oxygen atoms in total. The van der Waals surface area contributed by atoms with Crippen molar-refractivity contribution in [1.29, 1.82) is 0 Å². The van der Waals surface area contributed by atoms with E-state index in [0.717, 1.165) is 35.2 Å². The second kappa shape index (κ2) is 7.06. The van der Waals surface area contributed by atoms with E-state index in [9.17, 15) is 33.3 Å². The minimum atomic E-state index is -5.27. The fourth-order valence-electron chi connectivity index (χ4n) is 3.62. The van der Waals surface area contributed by atoms with Crippen molar-refractivity contribution in [3.63, 3.8) is 0 Å². The van der Waals surface area contributed by atoms with E-state index in [2.05, 4.69) is 9.97 Å². The number of rotatable bonds is 3. The van der Waals surface area contributed by atoms with Gasteiger partial charge in [-0.05, 0) is 23.8 Å². The van der Waals surface area contributed by atoms with E-state index in [-0.39, 0.29) is 16.1 Å². The molecule has 12 heteroatoms. The molecule has 0 radical (unpaired) electrons. The third kappa shape index (κ3) is 3.01. The summed E-state index contributed by atoms with van der Waals surface area (Å²) in [5, 5.41) is 31.8. The summed E-state index contributed by atoms with van der Waals surface area (Å²) in [6.45, 7) is 0. The lowest BCUT2D eigenvalue weighted by Crippen LogP contribution is -2.56. The number of ether oxygens (including phenoxy) is 1. The quantitative estimate of drug-likeness (QED) is 0.484. The Balaban J connectivity index is 1.79. The van der Waals surface area contributed by atoms with Crippen LogP contribution in [-0.4, -0.2) is 54.3 Å². The average Bonchev–Trinajstić information content (AvgIpc) is 3.24. The van der Waals surface area contributed by atoms with Crippen LogP contribution in [0.15, 0.2) is 47.7 Å². The zero-order chi connectivity index (χ0) is 21.8. The summed E-state index contributed by atoms with van der Waals surface area (Å²) in [4.78, 5) is 18.1. The van der Waals surface area contributed by atoms with Crippen LogP contribution in [0.4, 0.5) is 13.2 Å². The molecule has 1 fully saturated rings. The van der Waals surface area contributed by atoms with Crippen LogP contribution in [-0.2, 0) is 10.3 Å². The number of aromatic amines is 1. The zero-order valence-corrected chi connectivity index (χ0v) is 15.7. The number of benzene rings is 1. The highest BCUT2D eigenvalue weighted by Gasteiger charge is 2.66. The van der Waals surface area contributed by atoms with Crippen molar-refractivity contribution in [2.75, 3.05) is 0 Å². The Morgan fingerprint density at radius 1 is 1.13 bits per heavy atom. The van der Waals surface area contributed by atoms with Gasteiger partial charge in [-0.15, -0.1) is 0 Å². The van der Waals surface area contributed by atoms with E-state index >= 15 is 0 Å². The number of aliphatic hydroxyl groups is 3. The van der Waals surface area contributed by atoms with Crippen LogP contribution in [0.3, 0.4) is 0 Å². The molecule has 30 heavy (non-hydrogen) atoms. The highest BCUT2D eigenvalue weighted by Crippen LogP contribution is 2.48. The van der Waals surface area contributed by atoms with Crippen molar-refractivity contribution in [2.24, 2.45) is 0 Å². The van der Waals surface area contributed by atoms with Gasteiger partial charge in [0.25, 0.3) is 5.56 Å². The molecular formula is C18H15ClF3N3O5. The van der Waals surface area contributed by atoms with Gasteiger partial charge in [0.05, 0.1) is 11.7 Å². The molecule has 0 saturated carbocycles. The lowest BCUT2D eigenvalue weighted by Gasteiger charge is -2.37. The number of H-pyrrole nitrogens is 1. The average molecular weight is 446 g/mol. The fourth-order valence-corrected chi connectivity index (χ4v) is 3.74. The molecule has 3 aromatic rings. The van der Waals surface area contributed by atoms with Crippen LogP contribution in [0.2, 0.25) is 5.02 Å². The lowest BCUT2D eigenvalue weighted by atomic mass is 9.84. The molecular weight excluding hydrogens is 431 g/mol. The number of hydrogen-bond donors (Lipinski definition) is 4. The SMILES string of the molecule is O=c1[nH]cnc2c1ccn2[C@@H]1OC([C@](O)(c2ccc(Cl)cc2)C(F)(F)F)[C@@H](O)[C@H]1O. The molecule has 160 valence electrons. The number of fused-ring (bicyclic) bond motifs is 1. The molecule has 5 atom stereocenters. The van der Waals surface area contributed by atoms with E-state index in [0.29, 0.717) is 0 Å². The Bertz CT molecular complexity index is 1130. The summed E-state index contributed by atoms with van der Waals surface area (Å²) >= 11 is 5.72. The molecule has 0 aliphatic carbocycles. The molecule has 3 heterocycles. The van der Waals surface area contributed by atoms with Crippen molar-refractivity contribution in [3.8, 4) is 0 Å². The van der Waals surface area contributed by atoms with Gasteiger partial charge in [0.15, 0.2) is 6.23 Å². The number of nitrogens with one attached hydrogen (secondary N) is 1. The summed E-state index contributed by atoms with van der Waals surface area (Å²) in [7, 11) is 0. The first kappa shape index (κ1) is 20.8. The molecule has 0 spiro atoms. The van der Waals surface area contributed by atoms with Gasteiger partial charge >= 0.3 is 6.18 Å². The largest absolute Gasteiger partial charge is 0.424 e. The topological polar surface area (TPSA) is 121 Å². The third-order valence-electron chi connectivity index (χ3n) is 5.16. The Labute approximate surface area is 171 Å². The van der Waals surface area contributed by atoms with Crippen LogP contribution in [0, 0.1) is 0 Å². The molecule has 1 aliphatic rings. The smallest absolute Gasteiger partial charge is 0.387 e. The number of hydrogen-bond acceptors (Lipinski definition) is 6. The molecule has 4 rings (SSSR count). The standard InChI is InChI=1S/C18H15ClF3N3O5/c19-9-3-1-8(2-4-9)17(29,18(20,21)22)13-11(26)12(27)16(30-13)25-6-5-10-14(25)23-7-24-15(10)28/h1-7,11-13,16,26-27,29H,(H,23,24,28)/t11-,12+,13?,16+,17+/m0/s1. The van der Waals surface area contributed by atoms with Crippen molar-refractivity contribution >= 4 is 22.6 Å². The van der Waals surface area contributed by atoms with Crippen LogP contribution in [0.1, 0.15) is 11.8 Å². The molecule has 1 unspecified atom stereocenters. The van der Waals surface area contributed by atoms with Crippen molar-refractivity contribution < 1.29 is 33.2 Å². The van der Waals surface area contributed by atoms with Gasteiger partial charge < -0.3 is 29.6 Å². The first-order valence-corrected chi connectivity index (χ1v) is 9.04. The van der Waals surface area contributed by atoms with Crippen LogP contribution >= 0.6 is 11.6 Å². The first-order valence-electron chi connectivity index (χ1n) is 8.66. The maximum Gasteiger partial charge on any atom is 0.424 e. The Morgan fingerprint density at radius 3 is 2.43 bits per heavy atom. The predicted molar refractivity (Wildman–Crippen MR) is 97.7 cm³/mol. The second-order valence-electron chi connectivity index (χ2n) is 6.89. The van der Waals surface area contributed by atoms with E-state index in [1.54, 1.807) is 0 Å². The molecule has 1 aromatic carbocycles. The zero-order valence-electron chi connectivity index (χ0n) is 14.9.